The maximum atomic E-state index is 13.1. The zero-order valence-corrected chi connectivity index (χ0v) is 19.3. The Bertz CT molecular complexity index is 933. The van der Waals surface area contributed by atoms with Crippen LogP contribution < -0.4 is 10.2 Å². The smallest absolute Gasteiger partial charge is 0.252 e. The Hall–Kier alpha value is -1.45. The molecular formula is C22H31N3O3S2. The van der Waals surface area contributed by atoms with E-state index in [0.717, 1.165) is 17.8 Å². The van der Waals surface area contributed by atoms with Crippen LogP contribution in [0.3, 0.4) is 0 Å². The van der Waals surface area contributed by atoms with Gasteiger partial charge in [-0.25, -0.2) is 8.42 Å². The van der Waals surface area contributed by atoms with Gasteiger partial charge in [-0.3, -0.25) is 0 Å². The number of anilines is 1. The molecular weight excluding hydrogens is 418 g/mol. The van der Waals surface area contributed by atoms with Crippen molar-refractivity contribution in [2.24, 2.45) is 0 Å². The Balaban J connectivity index is 1.54. The van der Waals surface area contributed by atoms with Crippen LogP contribution in [0, 0.1) is 0 Å². The summed E-state index contributed by atoms with van der Waals surface area (Å²) >= 11 is 1.27. The van der Waals surface area contributed by atoms with Gasteiger partial charge in [0.25, 0.3) is 10.0 Å². The quantitative estimate of drug-likeness (QED) is 0.680. The monoisotopic (exact) mass is 449 g/mol. The van der Waals surface area contributed by atoms with Crippen molar-refractivity contribution >= 4 is 27.0 Å². The fourth-order valence-electron chi connectivity index (χ4n) is 4.07. The molecule has 4 rings (SSSR count). The van der Waals surface area contributed by atoms with Crippen molar-refractivity contribution in [2.75, 3.05) is 31.1 Å². The third-order valence-corrected chi connectivity index (χ3v) is 9.43. The van der Waals surface area contributed by atoms with Gasteiger partial charge >= 0.3 is 0 Å². The second-order valence-corrected chi connectivity index (χ2v) is 11.9. The fourth-order valence-corrected chi connectivity index (χ4v) is 6.69. The fraction of sp³-hybridized carbons (Fsp3) is 0.545. The molecule has 6 nitrogen and oxygen atoms in total. The average molecular weight is 450 g/mol. The largest absolute Gasteiger partial charge is 0.386 e. The molecule has 1 aromatic heterocycles. The SMILES string of the molecule is CC(C)(O)c1ccc(N2CCN(S(=O)(=O)c3cccs3)C[C@@H]2CNC2CCC2)cc1. The number of thiophene rings is 1. The number of rotatable bonds is 7. The van der Waals surface area contributed by atoms with Crippen LogP contribution >= 0.6 is 11.3 Å². The minimum atomic E-state index is -3.45. The van der Waals surface area contributed by atoms with E-state index in [1.807, 2.05) is 29.6 Å². The number of sulfonamides is 1. The Kier molecular flexibility index (Phi) is 6.23. The van der Waals surface area contributed by atoms with Crippen LogP contribution in [0.5, 0.6) is 0 Å². The van der Waals surface area contributed by atoms with Gasteiger partial charge in [0.2, 0.25) is 0 Å². The van der Waals surface area contributed by atoms with Crippen molar-refractivity contribution < 1.29 is 13.5 Å². The van der Waals surface area contributed by atoms with E-state index in [4.69, 9.17) is 0 Å². The Morgan fingerprint density at radius 3 is 2.47 bits per heavy atom. The first kappa shape index (κ1) is 21.8. The van der Waals surface area contributed by atoms with Crippen molar-refractivity contribution in [3.63, 3.8) is 0 Å². The zero-order chi connectivity index (χ0) is 21.4. The number of hydrogen-bond acceptors (Lipinski definition) is 6. The lowest BCUT2D eigenvalue weighted by Gasteiger charge is -2.43. The van der Waals surface area contributed by atoms with E-state index in [9.17, 15) is 13.5 Å². The maximum absolute atomic E-state index is 13.1. The number of nitrogens with zero attached hydrogens (tertiary/aromatic N) is 2. The van der Waals surface area contributed by atoms with Gasteiger partial charge in [0.15, 0.2) is 0 Å². The summed E-state index contributed by atoms with van der Waals surface area (Å²) in [5.41, 5.74) is 1.06. The molecule has 2 fully saturated rings. The Morgan fingerprint density at radius 1 is 1.17 bits per heavy atom. The summed E-state index contributed by atoms with van der Waals surface area (Å²) in [6.45, 7) is 5.89. The number of piperazine rings is 1. The van der Waals surface area contributed by atoms with Crippen LogP contribution in [0.2, 0.25) is 0 Å². The van der Waals surface area contributed by atoms with Crippen molar-refractivity contribution in [3.8, 4) is 0 Å². The Morgan fingerprint density at radius 2 is 1.90 bits per heavy atom. The summed E-state index contributed by atoms with van der Waals surface area (Å²) in [7, 11) is -3.45. The van der Waals surface area contributed by atoms with E-state index in [-0.39, 0.29) is 6.04 Å². The second-order valence-electron chi connectivity index (χ2n) is 8.78. The minimum Gasteiger partial charge on any atom is -0.386 e. The molecule has 1 saturated carbocycles. The van der Waals surface area contributed by atoms with Gasteiger partial charge in [0.1, 0.15) is 4.21 Å². The molecule has 8 heteroatoms. The molecule has 0 unspecified atom stereocenters. The molecule has 0 radical (unpaired) electrons. The first-order valence-electron chi connectivity index (χ1n) is 10.6. The highest BCUT2D eigenvalue weighted by Crippen LogP contribution is 2.29. The van der Waals surface area contributed by atoms with Gasteiger partial charge in [-0.05, 0) is 55.8 Å². The summed E-state index contributed by atoms with van der Waals surface area (Å²) in [5, 5.41) is 15.7. The van der Waals surface area contributed by atoms with Gasteiger partial charge in [-0.2, -0.15) is 4.31 Å². The highest BCUT2D eigenvalue weighted by molar-refractivity contribution is 7.91. The standard InChI is InChI=1S/C22H31N3O3S2/c1-22(2,26)17-8-10-19(11-9-17)25-13-12-24(30(27,28)21-7-4-14-29-21)16-20(25)15-23-18-5-3-6-18/h4,7-11,14,18,20,23,26H,3,5-6,12-13,15-16H2,1-2H3/t20-/m0/s1. The van der Waals surface area contributed by atoms with E-state index in [1.165, 1.54) is 30.6 Å². The molecule has 2 aliphatic rings. The average Bonchev–Trinajstić information content (AvgIpc) is 3.22. The van der Waals surface area contributed by atoms with Gasteiger partial charge in [0, 0.05) is 37.9 Å². The lowest BCUT2D eigenvalue weighted by molar-refractivity contribution is 0.0786. The second kappa shape index (κ2) is 8.59. The van der Waals surface area contributed by atoms with Crippen LogP contribution in [-0.2, 0) is 15.6 Å². The molecule has 1 aromatic carbocycles. The lowest BCUT2D eigenvalue weighted by atomic mass is 9.93. The Labute approximate surface area is 183 Å². The first-order chi connectivity index (χ1) is 14.2. The van der Waals surface area contributed by atoms with Crippen molar-refractivity contribution in [1.82, 2.24) is 9.62 Å². The molecule has 1 atom stereocenters. The summed E-state index contributed by atoms with van der Waals surface area (Å²) in [6, 6.07) is 12.1. The first-order valence-corrected chi connectivity index (χ1v) is 12.9. The van der Waals surface area contributed by atoms with Crippen LogP contribution in [0.1, 0.15) is 38.7 Å². The zero-order valence-electron chi connectivity index (χ0n) is 17.6. The van der Waals surface area contributed by atoms with E-state index >= 15 is 0 Å². The van der Waals surface area contributed by atoms with Gasteiger partial charge in [0.05, 0.1) is 11.6 Å². The topological polar surface area (TPSA) is 72.9 Å². The molecule has 0 spiro atoms. The molecule has 0 amide bonds. The molecule has 1 saturated heterocycles. The maximum Gasteiger partial charge on any atom is 0.252 e. The number of hydrogen-bond donors (Lipinski definition) is 2. The molecule has 2 aromatic rings. The van der Waals surface area contributed by atoms with E-state index in [2.05, 4.69) is 10.2 Å². The number of nitrogens with one attached hydrogen (secondary N) is 1. The minimum absolute atomic E-state index is 0.0575. The normalized spacial score (nSPS) is 21.6. The summed E-state index contributed by atoms with van der Waals surface area (Å²) in [6.07, 6.45) is 3.66. The van der Waals surface area contributed by atoms with E-state index < -0.39 is 15.6 Å². The van der Waals surface area contributed by atoms with Crippen LogP contribution in [0.15, 0.2) is 46.0 Å². The van der Waals surface area contributed by atoms with Gasteiger partial charge in [-0.1, -0.05) is 24.6 Å². The summed E-state index contributed by atoms with van der Waals surface area (Å²) in [4.78, 5) is 2.31. The molecule has 1 aliphatic carbocycles. The van der Waals surface area contributed by atoms with Gasteiger partial charge < -0.3 is 15.3 Å². The third-order valence-electron chi connectivity index (χ3n) is 6.19. The lowest BCUT2D eigenvalue weighted by Crippen LogP contribution is -2.59. The summed E-state index contributed by atoms with van der Waals surface area (Å²) < 4.78 is 28.2. The predicted octanol–water partition coefficient (Wildman–Crippen LogP) is 3.00. The molecule has 30 heavy (non-hydrogen) atoms. The van der Waals surface area contributed by atoms with Crippen molar-refractivity contribution in [3.05, 3.63) is 47.3 Å². The molecule has 0 bridgehead atoms. The molecule has 2 heterocycles. The highest BCUT2D eigenvalue weighted by Gasteiger charge is 2.35. The third kappa shape index (κ3) is 4.57. The van der Waals surface area contributed by atoms with E-state index in [0.29, 0.717) is 29.9 Å². The number of aliphatic hydroxyl groups is 1. The highest BCUT2D eigenvalue weighted by atomic mass is 32.2. The summed E-state index contributed by atoms with van der Waals surface area (Å²) in [5.74, 6) is 0. The predicted molar refractivity (Wildman–Crippen MR) is 122 cm³/mol. The van der Waals surface area contributed by atoms with Crippen LogP contribution in [-0.4, -0.2) is 56.1 Å². The van der Waals surface area contributed by atoms with Gasteiger partial charge in [-0.15, -0.1) is 11.3 Å². The van der Waals surface area contributed by atoms with Crippen LogP contribution in [0.4, 0.5) is 5.69 Å². The molecule has 164 valence electrons. The van der Waals surface area contributed by atoms with Crippen molar-refractivity contribution in [1.29, 1.82) is 0 Å². The number of benzene rings is 1. The van der Waals surface area contributed by atoms with E-state index in [1.54, 1.807) is 30.3 Å². The van der Waals surface area contributed by atoms with Crippen molar-refractivity contribution in [2.45, 2.75) is 55.0 Å². The molecule has 1 aliphatic heterocycles. The van der Waals surface area contributed by atoms with Crippen LogP contribution in [0.25, 0.3) is 0 Å². The molecule has 2 N–H and O–H groups in total.